The van der Waals surface area contributed by atoms with Crippen molar-refractivity contribution in [2.75, 3.05) is 13.2 Å². The van der Waals surface area contributed by atoms with Crippen LogP contribution in [0.3, 0.4) is 0 Å². The lowest BCUT2D eigenvalue weighted by Crippen LogP contribution is -2.14. The number of benzene rings is 2. The molecule has 0 spiro atoms. The van der Waals surface area contributed by atoms with Crippen LogP contribution in [0, 0.1) is 0 Å². The number of hydrogen-bond acceptors (Lipinski definition) is 3. The lowest BCUT2D eigenvalue weighted by Gasteiger charge is -2.17. The van der Waals surface area contributed by atoms with E-state index in [2.05, 4.69) is 0 Å². The zero-order valence-corrected chi connectivity index (χ0v) is 11.5. The highest BCUT2D eigenvalue weighted by Crippen LogP contribution is 2.31. The van der Waals surface area contributed by atoms with Gasteiger partial charge in [-0.1, -0.05) is 18.2 Å². The van der Waals surface area contributed by atoms with Gasteiger partial charge >= 0.3 is 6.18 Å². The van der Waals surface area contributed by atoms with Crippen LogP contribution in [0.2, 0.25) is 0 Å². The van der Waals surface area contributed by atoms with Gasteiger partial charge in [-0.3, -0.25) is 0 Å². The minimum atomic E-state index is -4.39. The average Bonchev–Trinajstić information content (AvgIpc) is 2.49. The number of halogens is 3. The molecule has 0 bridgehead atoms. The summed E-state index contributed by atoms with van der Waals surface area (Å²) in [6.07, 6.45) is -4.39. The first-order valence-corrected chi connectivity index (χ1v) is 6.60. The highest BCUT2D eigenvalue weighted by Gasteiger charge is 2.30. The van der Waals surface area contributed by atoms with Crippen LogP contribution in [-0.2, 0) is 6.18 Å². The average molecular weight is 312 g/mol. The fourth-order valence-corrected chi connectivity index (χ4v) is 2.01. The third-order valence-corrected chi connectivity index (χ3v) is 3.23. The molecule has 118 valence electrons. The fraction of sp³-hybridized carbons (Fsp3) is 0.250. The van der Waals surface area contributed by atoms with E-state index in [0.29, 0.717) is 5.56 Å². The Labute approximate surface area is 125 Å². The second kappa shape index (κ2) is 6.70. The molecule has 22 heavy (non-hydrogen) atoms. The Balaban J connectivity index is 2.04. The molecule has 0 aromatic heterocycles. The molecule has 0 aliphatic carbocycles. The van der Waals surface area contributed by atoms with Gasteiger partial charge in [-0.25, -0.2) is 0 Å². The van der Waals surface area contributed by atoms with E-state index in [4.69, 9.17) is 4.74 Å². The number of para-hydroxylation sites is 1. The van der Waals surface area contributed by atoms with E-state index in [1.807, 2.05) is 0 Å². The maximum absolute atomic E-state index is 12.5. The van der Waals surface area contributed by atoms with Crippen LogP contribution >= 0.6 is 0 Å². The van der Waals surface area contributed by atoms with Crippen molar-refractivity contribution < 1.29 is 28.1 Å². The molecular formula is C16H15F3O3. The number of aliphatic hydroxyl groups is 1. The Morgan fingerprint density at radius 2 is 1.64 bits per heavy atom. The molecule has 1 unspecified atom stereocenters. The smallest absolute Gasteiger partial charge is 0.416 e. The number of aromatic hydroxyl groups is 1. The monoisotopic (exact) mass is 312 g/mol. The molecule has 0 saturated heterocycles. The summed E-state index contributed by atoms with van der Waals surface area (Å²) in [5.74, 6) is -0.164. The van der Waals surface area contributed by atoms with E-state index in [0.717, 1.165) is 12.1 Å². The van der Waals surface area contributed by atoms with Gasteiger partial charge in [-0.2, -0.15) is 13.2 Å². The summed E-state index contributed by atoms with van der Waals surface area (Å²) in [6, 6.07) is 10.8. The summed E-state index contributed by atoms with van der Waals surface area (Å²) in [7, 11) is 0. The van der Waals surface area contributed by atoms with Gasteiger partial charge in [0.05, 0.1) is 18.8 Å². The third-order valence-electron chi connectivity index (χ3n) is 3.23. The summed E-state index contributed by atoms with van der Waals surface area (Å²) in [4.78, 5) is 0. The maximum atomic E-state index is 12.5. The SMILES string of the molecule is OCC(COc1ccc(C(F)(F)F)cc1)c1ccccc1O. The van der Waals surface area contributed by atoms with Crippen molar-refractivity contribution in [1.82, 2.24) is 0 Å². The molecule has 0 heterocycles. The van der Waals surface area contributed by atoms with Gasteiger partial charge in [-0.05, 0) is 30.3 Å². The van der Waals surface area contributed by atoms with Crippen LogP contribution in [0.5, 0.6) is 11.5 Å². The second-order valence-electron chi connectivity index (χ2n) is 4.77. The summed E-state index contributed by atoms with van der Waals surface area (Å²) in [5, 5.41) is 19.1. The molecule has 0 amide bonds. The van der Waals surface area contributed by atoms with Gasteiger partial charge in [0.1, 0.15) is 11.5 Å². The summed E-state index contributed by atoms with van der Waals surface area (Å²) >= 11 is 0. The van der Waals surface area contributed by atoms with Crippen molar-refractivity contribution in [3.05, 3.63) is 59.7 Å². The zero-order valence-electron chi connectivity index (χ0n) is 11.5. The molecule has 3 nitrogen and oxygen atoms in total. The van der Waals surface area contributed by atoms with Crippen molar-refractivity contribution in [3.8, 4) is 11.5 Å². The van der Waals surface area contributed by atoms with Crippen molar-refractivity contribution >= 4 is 0 Å². The number of phenols is 1. The molecule has 0 aliphatic heterocycles. The van der Waals surface area contributed by atoms with Crippen LogP contribution in [0.15, 0.2) is 48.5 Å². The first-order valence-electron chi connectivity index (χ1n) is 6.60. The highest BCUT2D eigenvalue weighted by molar-refractivity contribution is 5.35. The van der Waals surface area contributed by atoms with E-state index in [1.165, 1.54) is 18.2 Å². The normalized spacial score (nSPS) is 12.9. The molecule has 0 fully saturated rings. The minimum Gasteiger partial charge on any atom is -0.508 e. The Hall–Kier alpha value is -2.21. The van der Waals surface area contributed by atoms with E-state index < -0.39 is 17.7 Å². The Morgan fingerprint density at radius 1 is 1.00 bits per heavy atom. The van der Waals surface area contributed by atoms with Gasteiger partial charge in [0, 0.05) is 11.5 Å². The number of ether oxygens (including phenoxy) is 1. The summed E-state index contributed by atoms with van der Waals surface area (Å²) < 4.78 is 42.8. The van der Waals surface area contributed by atoms with Crippen LogP contribution in [-0.4, -0.2) is 23.4 Å². The molecule has 0 saturated carbocycles. The van der Waals surface area contributed by atoms with E-state index in [9.17, 15) is 23.4 Å². The first kappa shape index (κ1) is 16.2. The van der Waals surface area contributed by atoms with Gasteiger partial charge in [0.15, 0.2) is 0 Å². The molecule has 2 aromatic rings. The van der Waals surface area contributed by atoms with E-state index >= 15 is 0 Å². The first-order chi connectivity index (χ1) is 10.4. The van der Waals surface area contributed by atoms with E-state index in [1.54, 1.807) is 18.2 Å². The largest absolute Gasteiger partial charge is 0.508 e. The number of hydrogen-bond donors (Lipinski definition) is 2. The van der Waals surface area contributed by atoms with Crippen LogP contribution in [0.25, 0.3) is 0 Å². The van der Waals surface area contributed by atoms with Crippen LogP contribution < -0.4 is 4.74 Å². The predicted molar refractivity (Wildman–Crippen MR) is 74.9 cm³/mol. The summed E-state index contributed by atoms with van der Waals surface area (Å²) in [5.41, 5.74) is -0.226. The Bertz CT molecular complexity index is 609. The third kappa shape index (κ3) is 3.92. The molecule has 2 N–H and O–H groups in total. The molecule has 0 aliphatic rings. The van der Waals surface area contributed by atoms with Gasteiger partial charge in [-0.15, -0.1) is 0 Å². The van der Waals surface area contributed by atoms with Crippen molar-refractivity contribution in [2.24, 2.45) is 0 Å². The Kier molecular flexibility index (Phi) is 4.92. The molecule has 2 rings (SSSR count). The number of phenolic OH excluding ortho intramolecular Hbond substituents is 1. The number of rotatable bonds is 5. The topological polar surface area (TPSA) is 49.7 Å². The lowest BCUT2D eigenvalue weighted by molar-refractivity contribution is -0.137. The molecule has 2 aromatic carbocycles. The fourth-order valence-electron chi connectivity index (χ4n) is 2.01. The van der Waals surface area contributed by atoms with Gasteiger partial charge < -0.3 is 14.9 Å². The summed E-state index contributed by atoms with van der Waals surface area (Å²) in [6.45, 7) is -0.211. The minimum absolute atomic E-state index is 0.0394. The van der Waals surface area contributed by atoms with Crippen molar-refractivity contribution in [1.29, 1.82) is 0 Å². The van der Waals surface area contributed by atoms with Crippen molar-refractivity contribution in [2.45, 2.75) is 12.1 Å². The van der Waals surface area contributed by atoms with Gasteiger partial charge in [0.2, 0.25) is 0 Å². The Morgan fingerprint density at radius 3 is 2.18 bits per heavy atom. The van der Waals surface area contributed by atoms with Crippen LogP contribution in [0.1, 0.15) is 17.0 Å². The molecule has 0 radical (unpaired) electrons. The molecule has 1 atom stereocenters. The lowest BCUT2D eigenvalue weighted by atomic mass is 10.00. The van der Waals surface area contributed by atoms with E-state index in [-0.39, 0.29) is 24.7 Å². The standard InChI is InChI=1S/C16H15F3O3/c17-16(18,19)12-5-7-13(8-6-12)22-10-11(9-20)14-3-1-2-4-15(14)21/h1-8,11,20-21H,9-10H2. The highest BCUT2D eigenvalue weighted by atomic mass is 19.4. The van der Waals surface area contributed by atoms with Crippen molar-refractivity contribution in [3.63, 3.8) is 0 Å². The predicted octanol–water partition coefficient (Wildman–Crippen LogP) is 3.57. The van der Waals surface area contributed by atoms with Gasteiger partial charge in [0.25, 0.3) is 0 Å². The molecule has 6 heteroatoms. The van der Waals surface area contributed by atoms with Crippen LogP contribution in [0.4, 0.5) is 13.2 Å². The molecular weight excluding hydrogens is 297 g/mol. The number of aliphatic hydroxyl groups excluding tert-OH is 1. The quantitative estimate of drug-likeness (QED) is 0.887. The zero-order chi connectivity index (χ0) is 16.2. The maximum Gasteiger partial charge on any atom is 0.416 e. The second-order valence-corrected chi connectivity index (χ2v) is 4.77. The number of alkyl halides is 3.